The highest BCUT2D eigenvalue weighted by atomic mass is 35.5. The largest absolute Gasteiger partial charge is 0.319 e. The van der Waals surface area contributed by atoms with Crippen LogP contribution < -0.4 is 5.32 Å². The Morgan fingerprint density at radius 1 is 1.08 bits per heavy atom. The van der Waals surface area contributed by atoms with Crippen LogP contribution in [0, 0.1) is 0 Å². The fourth-order valence-corrected chi connectivity index (χ4v) is 3.16. The van der Waals surface area contributed by atoms with Gasteiger partial charge in [0.05, 0.1) is 10.7 Å². The monoisotopic (exact) mass is 383 g/mol. The minimum atomic E-state index is -0.402. The summed E-state index contributed by atoms with van der Waals surface area (Å²) < 4.78 is 1.48. The van der Waals surface area contributed by atoms with Crippen molar-refractivity contribution in [3.05, 3.63) is 77.1 Å². The van der Waals surface area contributed by atoms with Gasteiger partial charge < -0.3 is 5.32 Å². The molecule has 0 unspecified atom stereocenters. The van der Waals surface area contributed by atoms with Crippen LogP contribution in [-0.4, -0.2) is 25.7 Å². The van der Waals surface area contributed by atoms with Crippen molar-refractivity contribution in [3.8, 4) is 5.69 Å². The van der Waals surface area contributed by atoms with E-state index in [1.807, 2.05) is 24.3 Å². The highest BCUT2D eigenvalue weighted by Gasteiger charge is 2.16. The second-order valence-electron chi connectivity index (χ2n) is 5.45. The average Bonchev–Trinajstić information content (AvgIpc) is 3.16. The van der Waals surface area contributed by atoms with Crippen molar-refractivity contribution in [2.24, 2.45) is 0 Å². The van der Waals surface area contributed by atoms with E-state index < -0.39 is 5.91 Å². The first-order valence-electron chi connectivity index (χ1n) is 7.63. The number of benzene rings is 2. The minimum Gasteiger partial charge on any atom is -0.319 e. The van der Waals surface area contributed by atoms with Crippen molar-refractivity contribution < 1.29 is 4.79 Å². The number of nitrogens with zero attached hydrogens (tertiary/aromatic N) is 4. The van der Waals surface area contributed by atoms with E-state index in [0.29, 0.717) is 16.4 Å². The van der Waals surface area contributed by atoms with E-state index in [1.165, 1.54) is 17.3 Å². The van der Waals surface area contributed by atoms with Crippen LogP contribution in [0.25, 0.3) is 16.5 Å². The summed E-state index contributed by atoms with van der Waals surface area (Å²) in [6.07, 6.45) is 2.89. The van der Waals surface area contributed by atoms with Gasteiger partial charge in [-0.3, -0.25) is 4.79 Å². The van der Waals surface area contributed by atoms with Gasteiger partial charge >= 0.3 is 0 Å². The van der Waals surface area contributed by atoms with E-state index in [0.717, 1.165) is 10.8 Å². The van der Waals surface area contributed by atoms with Crippen molar-refractivity contribution >= 4 is 45.6 Å². The van der Waals surface area contributed by atoms with Gasteiger partial charge in [-0.15, -0.1) is 0 Å². The molecule has 8 heteroatoms. The molecule has 0 aliphatic heterocycles. The van der Waals surface area contributed by atoms with E-state index in [-0.39, 0.29) is 10.8 Å². The van der Waals surface area contributed by atoms with Crippen molar-refractivity contribution in [1.82, 2.24) is 19.7 Å². The third-order valence-corrected chi connectivity index (χ3v) is 4.40. The van der Waals surface area contributed by atoms with Crippen LogP contribution in [0.4, 0.5) is 5.69 Å². The number of rotatable bonds is 3. The van der Waals surface area contributed by atoms with Crippen molar-refractivity contribution in [1.29, 1.82) is 0 Å². The van der Waals surface area contributed by atoms with Crippen molar-refractivity contribution in [2.75, 3.05) is 5.32 Å². The molecule has 0 aliphatic rings. The number of carbonyl (C=O) groups is 1. The summed E-state index contributed by atoms with van der Waals surface area (Å²) in [6.45, 7) is 0. The zero-order valence-corrected chi connectivity index (χ0v) is 14.7. The number of pyridine rings is 1. The molecule has 1 amide bonds. The van der Waals surface area contributed by atoms with Crippen molar-refractivity contribution in [3.63, 3.8) is 0 Å². The van der Waals surface area contributed by atoms with E-state index in [9.17, 15) is 4.79 Å². The Hall–Kier alpha value is -2.96. The third-order valence-electron chi connectivity index (χ3n) is 3.81. The van der Waals surface area contributed by atoms with E-state index in [4.69, 9.17) is 23.2 Å². The Labute approximate surface area is 158 Å². The lowest BCUT2D eigenvalue weighted by Crippen LogP contribution is -2.16. The maximum absolute atomic E-state index is 12.7. The first kappa shape index (κ1) is 16.5. The highest BCUT2D eigenvalue weighted by Crippen LogP contribution is 2.28. The van der Waals surface area contributed by atoms with E-state index in [1.54, 1.807) is 24.3 Å². The van der Waals surface area contributed by atoms with Crippen LogP contribution in [0.15, 0.2) is 61.2 Å². The number of halogens is 2. The van der Waals surface area contributed by atoms with Gasteiger partial charge in [-0.2, -0.15) is 5.10 Å². The predicted octanol–water partition coefficient (Wildman–Crippen LogP) is 4.37. The van der Waals surface area contributed by atoms with E-state index >= 15 is 0 Å². The van der Waals surface area contributed by atoms with Gasteiger partial charge in [0.1, 0.15) is 29.2 Å². The molecule has 2 aromatic carbocycles. The third kappa shape index (κ3) is 3.00. The summed E-state index contributed by atoms with van der Waals surface area (Å²) in [5, 5.41) is 9.22. The van der Waals surface area contributed by atoms with Gasteiger partial charge in [-0.1, -0.05) is 53.5 Å². The van der Waals surface area contributed by atoms with Crippen LogP contribution in [-0.2, 0) is 0 Å². The summed E-state index contributed by atoms with van der Waals surface area (Å²) in [4.78, 5) is 20.8. The fourth-order valence-electron chi connectivity index (χ4n) is 2.63. The lowest BCUT2D eigenvalue weighted by atomic mass is 10.1. The van der Waals surface area contributed by atoms with Crippen LogP contribution in [0.3, 0.4) is 0 Å². The summed E-state index contributed by atoms with van der Waals surface area (Å²) in [7, 11) is 0. The maximum Gasteiger partial charge on any atom is 0.274 e. The number of anilines is 1. The SMILES string of the molecule is O=C(Nc1cccc(Cl)c1-n1cncn1)c1cc2ccccc2c(Cl)n1. The lowest BCUT2D eigenvalue weighted by molar-refractivity contribution is 0.102. The molecular weight excluding hydrogens is 373 g/mol. The summed E-state index contributed by atoms with van der Waals surface area (Å²) >= 11 is 12.5. The molecule has 0 atom stereocenters. The van der Waals surface area contributed by atoms with Gasteiger partial charge in [-0.05, 0) is 23.6 Å². The minimum absolute atomic E-state index is 0.207. The Kier molecular flexibility index (Phi) is 4.28. The molecule has 2 heterocycles. The van der Waals surface area contributed by atoms with Gasteiger partial charge in [-0.25, -0.2) is 14.6 Å². The first-order chi connectivity index (χ1) is 12.6. The Balaban J connectivity index is 1.73. The molecule has 0 fully saturated rings. The molecule has 4 rings (SSSR count). The molecule has 2 aromatic heterocycles. The number of carbonyl (C=O) groups excluding carboxylic acids is 1. The number of fused-ring (bicyclic) bond motifs is 1. The normalized spacial score (nSPS) is 10.8. The van der Waals surface area contributed by atoms with Crippen LogP contribution in [0.2, 0.25) is 10.2 Å². The van der Waals surface area contributed by atoms with Gasteiger partial charge in [0, 0.05) is 5.39 Å². The zero-order chi connectivity index (χ0) is 18.1. The summed E-state index contributed by atoms with van der Waals surface area (Å²) in [5.41, 5.74) is 1.21. The fraction of sp³-hybridized carbons (Fsp3) is 0. The molecule has 0 spiro atoms. The second kappa shape index (κ2) is 6.74. The Morgan fingerprint density at radius 3 is 2.73 bits per heavy atom. The molecule has 0 aliphatic carbocycles. The number of amides is 1. The van der Waals surface area contributed by atoms with E-state index in [2.05, 4.69) is 20.4 Å². The molecule has 26 heavy (non-hydrogen) atoms. The molecule has 128 valence electrons. The number of hydrogen-bond donors (Lipinski definition) is 1. The Bertz CT molecular complexity index is 1110. The number of aromatic nitrogens is 4. The maximum atomic E-state index is 12.7. The molecule has 0 saturated carbocycles. The molecule has 6 nitrogen and oxygen atoms in total. The quantitative estimate of drug-likeness (QED) is 0.533. The standard InChI is InChI=1S/C18H11Cl2N5O/c19-13-6-3-7-14(16(13)25-10-21-9-22-25)24-18(26)15-8-11-4-1-2-5-12(11)17(20)23-15/h1-10H,(H,24,26). The highest BCUT2D eigenvalue weighted by molar-refractivity contribution is 6.34. The van der Waals surface area contributed by atoms with Crippen molar-refractivity contribution in [2.45, 2.75) is 0 Å². The second-order valence-corrected chi connectivity index (χ2v) is 6.21. The number of nitrogens with one attached hydrogen (secondary N) is 1. The zero-order valence-electron chi connectivity index (χ0n) is 13.2. The summed E-state index contributed by atoms with van der Waals surface area (Å²) in [6, 6.07) is 14.3. The molecule has 1 N–H and O–H groups in total. The number of para-hydroxylation sites is 1. The molecule has 4 aromatic rings. The first-order valence-corrected chi connectivity index (χ1v) is 8.39. The predicted molar refractivity (Wildman–Crippen MR) is 101 cm³/mol. The summed E-state index contributed by atoms with van der Waals surface area (Å²) in [5.74, 6) is -0.402. The number of hydrogen-bond acceptors (Lipinski definition) is 4. The molecule has 0 bridgehead atoms. The molecule has 0 radical (unpaired) electrons. The smallest absolute Gasteiger partial charge is 0.274 e. The Morgan fingerprint density at radius 2 is 1.92 bits per heavy atom. The van der Waals surface area contributed by atoms with Gasteiger partial charge in [0.2, 0.25) is 0 Å². The van der Waals surface area contributed by atoms with Crippen LogP contribution in [0.5, 0.6) is 0 Å². The topological polar surface area (TPSA) is 72.7 Å². The average molecular weight is 384 g/mol. The van der Waals surface area contributed by atoms with Crippen LogP contribution >= 0.6 is 23.2 Å². The lowest BCUT2D eigenvalue weighted by Gasteiger charge is -2.12. The van der Waals surface area contributed by atoms with Gasteiger partial charge in [0.15, 0.2) is 0 Å². The van der Waals surface area contributed by atoms with Crippen LogP contribution in [0.1, 0.15) is 10.5 Å². The molecular formula is C18H11Cl2N5O. The molecule has 0 saturated heterocycles. The van der Waals surface area contributed by atoms with Gasteiger partial charge in [0.25, 0.3) is 5.91 Å².